The van der Waals surface area contributed by atoms with Crippen molar-refractivity contribution in [2.75, 3.05) is 62.7 Å². The van der Waals surface area contributed by atoms with Crippen LogP contribution in [-0.4, -0.2) is 72.1 Å². The number of hydrogen-bond acceptors (Lipinski definition) is 3. The van der Waals surface area contributed by atoms with Crippen molar-refractivity contribution in [3.8, 4) is 0 Å². The summed E-state index contributed by atoms with van der Waals surface area (Å²) in [6.07, 6.45) is 10.4. The third kappa shape index (κ3) is 6.48. The van der Waals surface area contributed by atoms with E-state index < -0.39 is 7.36 Å². The zero-order valence-electron chi connectivity index (χ0n) is 22.2. The molecule has 0 atom stereocenters. The molecule has 4 rings (SSSR count). The fourth-order valence-corrected chi connectivity index (χ4v) is 10.9. The van der Waals surface area contributed by atoms with Crippen LogP contribution in [0.2, 0.25) is 0 Å². The molecule has 3 aliphatic rings. The van der Waals surface area contributed by atoms with E-state index in [0.29, 0.717) is 5.11 Å². The van der Waals surface area contributed by atoms with Gasteiger partial charge in [-0.2, -0.15) is 0 Å². The van der Waals surface area contributed by atoms with Gasteiger partial charge in [-0.25, -0.2) is 4.74 Å². The normalized spacial score (nSPS) is 21.7. The molecule has 196 valence electrons. The summed E-state index contributed by atoms with van der Waals surface area (Å²) < 4.78 is 16.8. The van der Waals surface area contributed by atoms with Crippen LogP contribution in [-0.2, 0) is 4.74 Å². The molecule has 1 N–H and O–H groups in total. The molecular weight excluding hydrogens is 473 g/mol. The molecule has 3 saturated heterocycles. The highest BCUT2D eigenvalue weighted by Gasteiger charge is 2.44. The van der Waals surface area contributed by atoms with Crippen molar-refractivity contribution in [3.05, 3.63) is 24.3 Å². The van der Waals surface area contributed by atoms with Gasteiger partial charge in [-0.3, -0.25) is 9.34 Å². The average molecular weight is 520 g/mol. The van der Waals surface area contributed by atoms with Crippen molar-refractivity contribution in [3.63, 3.8) is 0 Å². The van der Waals surface area contributed by atoms with Gasteiger partial charge in [-0.1, -0.05) is 58.6 Å². The lowest BCUT2D eigenvalue weighted by Gasteiger charge is -2.50. The minimum absolute atomic E-state index is 0.0249. The van der Waals surface area contributed by atoms with Crippen LogP contribution in [0.5, 0.6) is 0 Å². The predicted octanol–water partition coefficient (Wildman–Crippen LogP) is 6.80. The highest BCUT2D eigenvalue weighted by molar-refractivity contribution is 7.81. The van der Waals surface area contributed by atoms with Crippen molar-refractivity contribution in [2.45, 2.75) is 77.3 Å². The van der Waals surface area contributed by atoms with E-state index in [0.717, 1.165) is 58.2 Å². The molecule has 0 aliphatic carbocycles. The Bertz CT molecular complexity index is 856. The minimum Gasteiger partial charge on any atom is -0.378 e. The Morgan fingerprint density at radius 1 is 0.829 bits per heavy atom. The van der Waals surface area contributed by atoms with E-state index in [1.165, 1.54) is 57.1 Å². The van der Waals surface area contributed by atoms with Crippen molar-refractivity contribution in [2.24, 2.45) is 4.74 Å². The van der Waals surface area contributed by atoms with Gasteiger partial charge in [0.25, 0.3) is 0 Å². The lowest BCUT2D eigenvalue weighted by Crippen LogP contribution is -2.42. The van der Waals surface area contributed by atoms with Crippen LogP contribution in [0.25, 0.3) is 0 Å². The monoisotopic (exact) mass is 519 g/mol. The molecule has 3 fully saturated rings. The van der Waals surface area contributed by atoms with Gasteiger partial charge >= 0.3 is 0 Å². The van der Waals surface area contributed by atoms with Crippen LogP contribution in [0.15, 0.2) is 29.0 Å². The largest absolute Gasteiger partial charge is 0.378 e. The van der Waals surface area contributed by atoms with Crippen molar-refractivity contribution < 1.29 is 4.74 Å². The maximum atomic E-state index is 6.07. The first-order chi connectivity index (χ1) is 16.9. The molecule has 0 unspecified atom stereocenters. The molecule has 0 amide bonds. The summed E-state index contributed by atoms with van der Waals surface area (Å²) >= 11 is 6.07. The molecule has 8 heteroatoms. The summed E-state index contributed by atoms with van der Waals surface area (Å²) in [5, 5.41) is 4.27. The van der Waals surface area contributed by atoms with Gasteiger partial charge in [0.15, 0.2) is 5.11 Å². The number of para-hydroxylation sites is 2. The molecule has 35 heavy (non-hydrogen) atoms. The predicted molar refractivity (Wildman–Crippen MR) is 155 cm³/mol. The summed E-state index contributed by atoms with van der Waals surface area (Å²) in [4.78, 5) is 2.39. The molecule has 0 saturated carbocycles. The average Bonchev–Trinajstić information content (AvgIpc) is 3.29. The van der Waals surface area contributed by atoms with Crippen LogP contribution >= 0.6 is 19.6 Å². The number of nitrogens with zero attached hydrogens (tertiary/aromatic N) is 4. The first-order valence-electron chi connectivity index (χ1n) is 13.8. The Morgan fingerprint density at radius 3 is 1.86 bits per heavy atom. The highest BCUT2D eigenvalue weighted by atomic mass is 32.1. The number of hydrogen-bond donors (Lipinski definition) is 1. The number of benzene rings is 1. The maximum Gasteiger partial charge on any atom is 0.198 e. The fraction of sp³-hybridized carbons (Fsp3) is 0.741. The Kier molecular flexibility index (Phi) is 9.67. The van der Waals surface area contributed by atoms with E-state index in [9.17, 15) is 0 Å². The Hall–Kier alpha value is -0.980. The summed E-state index contributed by atoms with van der Waals surface area (Å²) in [5.74, 6) is 0. The molecule has 0 radical (unpaired) electrons. The first kappa shape index (κ1) is 27.1. The van der Waals surface area contributed by atoms with Gasteiger partial charge in [0.05, 0.1) is 24.6 Å². The summed E-state index contributed by atoms with van der Waals surface area (Å²) in [7, 11) is -2.07. The minimum atomic E-state index is -2.07. The third-order valence-electron chi connectivity index (χ3n) is 7.58. The lowest BCUT2D eigenvalue weighted by molar-refractivity contribution is 0.123. The molecule has 0 bridgehead atoms. The van der Waals surface area contributed by atoms with Gasteiger partial charge in [0.2, 0.25) is 0 Å². The number of ether oxygens (including phenoxy) is 1. The molecule has 6 nitrogen and oxygen atoms in total. The van der Waals surface area contributed by atoms with Crippen LogP contribution in [0.1, 0.15) is 72.1 Å². The second-order valence-electron chi connectivity index (χ2n) is 11.1. The van der Waals surface area contributed by atoms with Crippen molar-refractivity contribution in [1.82, 2.24) is 9.34 Å². The molecule has 3 heterocycles. The number of nitrogens with one attached hydrogen (secondary N) is 1. The Morgan fingerprint density at radius 2 is 1.34 bits per heavy atom. The highest BCUT2D eigenvalue weighted by Crippen LogP contribution is 2.67. The van der Waals surface area contributed by atoms with Gasteiger partial charge in [0, 0.05) is 44.4 Å². The SMILES string of the molecule is CC(C)(C)P(=NC(=S)Nc1ccccc1N1CCOCC1)(N1CCCCCC1)N1CCCCCC1. The number of rotatable bonds is 4. The summed E-state index contributed by atoms with van der Waals surface area (Å²) in [6.45, 7) is 15.1. The van der Waals surface area contributed by atoms with Crippen molar-refractivity contribution in [1.29, 1.82) is 0 Å². The Labute approximate surface area is 218 Å². The van der Waals surface area contributed by atoms with E-state index in [2.05, 4.69) is 64.6 Å². The van der Waals surface area contributed by atoms with Gasteiger partial charge < -0.3 is 15.0 Å². The van der Waals surface area contributed by atoms with Crippen LogP contribution < -0.4 is 10.2 Å². The number of thiocarbonyl (C=S) groups is 1. The number of anilines is 2. The van der Waals surface area contributed by atoms with E-state index >= 15 is 0 Å². The van der Waals surface area contributed by atoms with Crippen molar-refractivity contribution >= 4 is 36.1 Å². The zero-order chi connectivity index (χ0) is 24.7. The zero-order valence-corrected chi connectivity index (χ0v) is 23.9. The molecule has 1 aromatic carbocycles. The molecule has 1 aromatic rings. The number of morpholine rings is 1. The first-order valence-corrected chi connectivity index (χ1v) is 15.8. The standard InChI is InChI=1S/C27H46N5OPS/c1-27(2,3)34(31-16-10-4-5-11-17-31,32-18-12-6-7-13-19-32)29-26(35)28-24-14-8-9-15-25(24)30-20-22-33-23-21-30/h8-9,14-15H,4-7,10-13,16-23H2,1-3H3,(H,28,35). The van der Waals surface area contributed by atoms with Crippen LogP contribution in [0.3, 0.4) is 0 Å². The van der Waals surface area contributed by atoms with Gasteiger partial charge in [-0.05, 0) is 50.0 Å². The smallest absolute Gasteiger partial charge is 0.198 e. The summed E-state index contributed by atoms with van der Waals surface area (Å²) in [6, 6.07) is 8.52. The second-order valence-corrected chi connectivity index (χ2v) is 15.3. The van der Waals surface area contributed by atoms with E-state index in [1.54, 1.807) is 0 Å². The summed E-state index contributed by atoms with van der Waals surface area (Å²) in [5.41, 5.74) is 2.25. The lowest BCUT2D eigenvalue weighted by atomic mass is 10.2. The quantitative estimate of drug-likeness (QED) is 0.349. The van der Waals surface area contributed by atoms with Gasteiger partial charge in [0.1, 0.15) is 7.36 Å². The van der Waals surface area contributed by atoms with E-state index in [4.69, 9.17) is 21.7 Å². The third-order valence-corrected chi connectivity index (χ3v) is 12.6. The van der Waals surface area contributed by atoms with Gasteiger partial charge in [-0.15, -0.1) is 0 Å². The van der Waals surface area contributed by atoms with Crippen LogP contribution in [0, 0.1) is 0 Å². The van der Waals surface area contributed by atoms with E-state index in [1.807, 2.05) is 0 Å². The molecule has 0 spiro atoms. The topological polar surface area (TPSA) is 43.3 Å². The maximum absolute atomic E-state index is 6.07. The fourth-order valence-electron chi connectivity index (χ4n) is 5.90. The Balaban J connectivity index is 1.72. The second kappa shape index (κ2) is 12.5. The van der Waals surface area contributed by atoms with Crippen LogP contribution in [0.4, 0.5) is 11.4 Å². The van der Waals surface area contributed by atoms with E-state index in [-0.39, 0.29) is 5.16 Å². The molecular formula is C27H46N5OPS. The molecule has 0 aromatic heterocycles. The molecule has 3 aliphatic heterocycles.